The second kappa shape index (κ2) is 15.0. The molecule has 2 amide bonds. The SMILES string of the molecule is O=C(NCCCCN(O)CCCNC(=O)c1ccc(N/N=C/c2ccccc2)nc1)c1cccnc1. The number of hydrazone groups is 1. The van der Waals surface area contributed by atoms with E-state index in [9.17, 15) is 14.8 Å². The van der Waals surface area contributed by atoms with E-state index in [1.165, 1.54) is 17.5 Å². The molecule has 0 saturated heterocycles. The number of benzene rings is 1. The monoisotopic (exact) mass is 489 g/mol. The number of hydroxylamine groups is 2. The van der Waals surface area contributed by atoms with Crippen LogP contribution >= 0.6 is 0 Å². The van der Waals surface area contributed by atoms with Gasteiger partial charge in [0.2, 0.25) is 0 Å². The van der Waals surface area contributed by atoms with Gasteiger partial charge in [0.1, 0.15) is 5.82 Å². The van der Waals surface area contributed by atoms with Crippen molar-refractivity contribution >= 4 is 23.8 Å². The molecule has 3 aromatic rings. The van der Waals surface area contributed by atoms with E-state index in [0.717, 1.165) is 18.4 Å². The molecule has 10 nitrogen and oxygen atoms in total. The summed E-state index contributed by atoms with van der Waals surface area (Å²) in [5.41, 5.74) is 4.77. The van der Waals surface area contributed by atoms with Gasteiger partial charge in [-0.25, -0.2) is 4.98 Å². The first-order valence-electron chi connectivity index (χ1n) is 11.8. The molecule has 0 radical (unpaired) electrons. The fourth-order valence-electron chi connectivity index (χ4n) is 3.20. The summed E-state index contributed by atoms with van der Waals surface area (Å²) in [5.74, 6) is 0.152. The van der Waals surface area contributed by atoms with Crippen LogP contribution in [0.4, 0.5) is 5.82 Å². The summed E-state index contributed by atoms with van der Waals surface area (Å²) in [6, 6.07) is 16.5. The number of rotatable bonds is 14. The molecule has 188 valence electrons. The number of unbranched alkanes of at least 4 members (excludes halogenated alkanes) is 1. The van der Waals surface area contributed by atoms with Gasteiger partial charge in [0, 0.05) is 44.8 Å². The van der Waals surface area contributed by atoms with Crippen molar-refractivity contribution in [1.82, 2.24) is 25.7 Å². The lowest BCUT2D eigenvalue weighted by Gasteiger charge is -2.15. The van der Waals surface area contributed by atoms with E-state index in [-0.39, 0.29) is 11.8 Å². The third-order valence-corrected chi connectivity index (χ3v) is 5.15. The quantitative estimate of drug-likeness (QED) is 0.155. The van der Waals surface area contributed by atoms with Crippen LogP contribution in [0.3, 0.4) is 0 Å². The van der Waals surface area contributed by atoms with E-state index in [4.69, 9.17) is 0 Å². The third kappa shape index (κ3) is 9.61. The van der Waals surface area contributed by atoms with Crippen LogP contribution in [0.2, 0.25) is 0 Å². The Morgan fingerprint density at radius 3 is 2.28 bits per heavy atom. The lowest BCUT2D eigenvalue weighted by Crippen LogP contribution is -2.29. The van der Waals surface area contributed by atoms with Crippen LogP contribution in [0.5, 0.6) is 0 Å². The number of nitrogens with zero attached hydrogens (tertiary/aromatic N) is 4. The van der Waals surface area contributed by atoms with Gasteiger partial charge in [-0.1, -0.05) is 30.3 Å². The lowest BCUT2D eigenvalue weighted by atomic mass is 10.2. The number of aromatic nitrogens is 2. The van der Waals surface area contributed by atoms with Crippen molar-refractivity contribution in [1.29, 1.82) is 0 Å². The van der Waals surface area contributed by atoms with Crippen molar-refractivity contribution in [2.45, 2.75) is 19.3 Å². The Morgan fingerprint density at radius 1 is 0.861 bits per heavy atom. The third-order valence-electron chi connectivity index (χ3n) is 5.15. The number of nitrogens with one attached hydrogen (secondary N) is 3. The molecule has 0 aliphatic rings. The summed E-state index contributed by atoms with van der Waals surface area (Å²) in [6.07, 6.45) is 8.40. The second-order valence-electron chi connectivity index (χ2n) is 7.98. The van der Waals surface area contributed by atoms with E-state index < -0.39 is 0 Å². The summed E-state index contributed by atoms with van der Waals surface area (Å²) in [5, 5.41) is 21.0. The molecule has 0 spiro atoms. The number of carbonyl (C=O) groups excluding carboxylic acids is 2. The zero-order valence-electron chi connectivity index (χ0n) is 20.0. The number of pyridine rings is 2. The molecule has 0 aliphatic heterocycles. The standard InChI is InChI=1S/C26H31N7O3/c34-25(22-10-6-13-27-19-22)28-14-4-5-16-33(36)17-7-15-29-26(35)23-11-12-24(30-20-23)32-31-18-21-8-2-1-3-9-21/h1-3,6,8-13,18-20,36H,4-5,7,14-17H2,(H,28,34)(H,29,35)(H,30,32)/b31-18+. The molecule has 10 heteroatoms. The van der Waals surface area contributed by atoms with Gasteiger partial charge in [0.05, 0.1) is 17.3 Å². The van der Waals surface area contributed by atoms with Crippen molar-refractivity contribution in [2.24, 2.45) is 5.10 Å². The Hall–Kier alpha value is -4.15. The van der Waals surface area contributed by atoms with Crippen molar-refractivity contribution < 1.29 is 14.8 Å². The highest BCUT2D eigenvalue weighted by Crippen LogP contribution is 2.05. The van der Waals surface area contributed by atoms with Crippen molar-refractivity contribution in [3.63, 3.8) is 0 Å². The minimum atomic E-state index is -0.226. The van der Waals surface area contributed by atoms with E-state index in [0.29, 0.717) is 49.5 Å². The first-order chi connectivity index (χ1) is 17.6. The Labute approximate surface area is 210 Å². The van der Waals surface area contributed by atoms with Crippen LogP contribution in [0.15, 0.2) is 78.3 Å². The van der Waals surface area contributed by atoms with Crippen molar-refractivity contribution in [2.75, 3.05) is 31.6 Å². The van der Waals surface area contributed by atoms with Gasteiger partial charge in [-0.2, -0.15) is 10.2 Å². The fourth-order valence-corrected chi connectivity index (χ4v) is 3.20. The molecule has 36 heavy (non-hydrogen) atoms. The summed E-state index contributed by atoms with van der Waals surface area (Å²) >= 11 is 0. The number of amides is 2. The highest BCUT2D eigenvalue weighted by atomic mass is 16.5. The molecule has 0 saturated carbocycles. The predicted octanol–water partition coefficient (Wildman–Crippen LogP) is 2.94. The van der Waals surface area contributed by atoms with Crippen LogP contribution < -0.4 is 16.1 Å². The number of hydrogen-bond donors (Lipinski definition) is 4. The fraction of sp³-hybridized carbons (Fsp3) is 0.269. The van der Waals surface area contributed by atoms with Crippen LogP contribution in [-0.2, 0) is 0 Å². The summed E-state index contributed by atoms with van der Waals surface area (Å²) in [7, 11) is 0. The topological polar surface area (TPSA) is 132 Å². The van der Waals surface area contributed by atoms with Gasteiger partial charge in [-0.05, 0) is 49.1 Å². The molecule has 2 heterocycles. The maximum Gasteiger partial charge on any atom is 0.252 e. The van der Waals surface area contributed by atoms with E-state index in [1.807, 2.05) is 30.3 Å². The summed E-state index contributed by atoms with van der Waals surface area (Å²) in [6.45, 7) is 1.88. The van der Waals surface area contributed by atoms with Crippen molar-refractivity contribution in [3.05, 3.63) is 89.9 Å². The van der Waals surface area contributed by atoms with E-state index in [2.05, 4.69) is 31.1 Å². The van der Waals surface area contributed by atoms with Crippen LogP contribution in [0.25, 0.3) is 0 Å². The van der Waals surface area contributed by atoms with Gasteiger partial charge in [0.25, 0.3) is 11.8 Å². The number of anilines is 1. The van der Waals surface area contributed by atoms with Gasteiger partial charge >= 0.3 is 0 Å². The molecule has 0 fully saturated rings. The molecule has 0 aliphatic carbocycles. The first-order valence-corrected chi connectivity index (χ1v) is 11.8. The smallest absolute Gasteiger partial charge is 0.252 e. The van der Waals surface area contributed by atoms with Crippen molar-refractivity contribution in [3.8, 4) is 0 Å². The molecule has 0 bridgehead atoms. The van der Waals surface area contributed by atoms with E-state index in [1.54, 1.807) is 36.7 Å². The Morgan fingerprint density at radius 2 is 1.58 bits per heavy atom. The Bertz CT molecular complexity index is 1090. The van der Waals surface area contributed by atoms with E-state index >= 15 is 0 Å². The molecular weight excluding hydrogens is 458 g/mol. The molecule has 1 aromatic carbocycles. The normalized spacial score (nSPS) is 10.9. The number of hydrogen-bond acceptors (Lipinski definition) is 8. The zero-order chi connectivity index (χ0) is 25.4. The molecule has 2 aromatic heterocycles. The van der Waals surface area contributed by atoms with Gasteiger partial charge in [-0.3, -0.25) is 20.0 Å². The number of carbonyl (C=O) groups is 2. The molecule has 0 atom stereocenters. The largest absolute Gasteiger partial charge is 0.352 e. The molecule has 3 rings (SSSR count). The summed E-state index contributed by atoms with van der Waals surface area (Å²) < 4.78 is 0. The average Bonchev–Trinajstić information content (AvgIpc) is 2.92. The first kappa shape index (κ1) is 26.5. The Kier molecular flexibility index (Phi) is 11.0. The maximum absolute atomic E-state index is 12.3. The van der Waals surface area contributed by atoms with Crippen LogP contribution in [0, 0.1) is 0 Å². The van der Waals surface area contributed by atoms with Gasteiger partial charge in [0.15, 0.2) is 0 Å². The second-order valence-corrected chi connectivity index (χ2v) is 7.98. The minimum absolute atomic E-state index is 0.155. The molecular formula is C26H31N7O3. The van der Waals surface area contributed by atoms with Gasteiger partial charge < -0.3 is 15.8 Å². The minimum Gasteiger partial charge on any atom is -0.352 e. The zero-order valence-corrected chi connectivity index (χ0v) is 20.0. The predicted molar refractivity (Wildman–Crippen MR) is 138 cm³/mol. The van der Waals surface area contributed by atoms with Gasteiger partial charge in [-0.15, -0.1) is 0 Å². The van der Waals surface area contributed by atoms with Crippen LogP contribution in [0.1, 0.15) is 45.5 Å². The average molecular weight is 490 g/mol. The maximum atomic E-state index is 12.3. The highest BCUT2D eigenvalue weighted by molar-refractivity contribution is 5.94. The highest BCUT2D eigenvalue weighted by Gasteiger charge is 2.07. The lowest BCUT2D eigenvalue weighted by molar-refractivity contribution is -0.0917. The Balaban J connectivity index is 1.24. The molecule has 0 unspecified atom stereocenters. The summed E-state index contributed by atoms with van der Waals surface area (Å²) in [4.78, 5) is 32.3. The molecule has 4 N–H and O–H groups in total. The van der Waals surface area contributed by atoms with Crippen LogP contribution in [-0.4, -0.2) is 64.4 Å².